The highest BCUT2D eigenvalue weighted by Gasteiger charge is 2.29. The van der Waals surface area contributed by atoms with Crippen molar-refractivity contribution in [1.82, 2.24) is 19.7 Å². The van der Waals surface area contributed by atoms with Gasteiger partial charge < -0.3 is 18.6 Å². The van der Waals surface area contributed by atoms with Gasteiger partial charge in [0.1, 0.15) is 23.8 Å². The number of aromatic nitrogens is 3. The molecule has 2 aliphatic rings. The van der Waals surface area contributed by atoms with E-state index in [9.17, 15) is 17.6 Å². The van der Waals surface area contributed by atoms with Gasteiger partial charge in [-0.3, -0.25) is 9.48 Å². The molecule has 0 aliphatic carbocycles. The molecule has 0 bridgehead atoms. The van der Waals surface area contributed by atoms with Gasteiger partial charge in [-0.2, -0.15) is 13.5 Å². The summed E-state index contributed by atoms with van der Waals surface area (Å²) in [6, 6.07) is 4.38. The Labute approximate surface area is 224 Å². The zero-order valence-corrected chi connectivity index (χ0v) is 23.0. The second-order valence-electron chi connectivity index (χ2n) is 9.59. The lowest BCUT2D eigenvalue weighted by atomic mass is 9.97. The summed E-state index contributed by atoms with van der Waals surface area (Å²) in [6.07, 6.45) is 1.69. The van der Waals surface area contributed by atoms with Crippen molar-refractivity contribution in [2.24, 2.45) is 0 Å². The summed E-state index contributed by atoms with van der Waals surface area (Å²) in [6.45, 7) is 5.17. The molecule has 2 aliphatic heterocycles. The molecule has 3 aromatic rings. The van der Waals surface area contributed by atoms with Gasteiger partial charge in [-0.15, -0.1) is 11.3 Å². The number of halogens is 1. The largest absolute Gasteiger partial charge is 0.382 e. The molecular weight excluding hydrogens is 535 g/mol. The first-order valence-corrected chi connectivity index (χ1v) is 14.9. The molecule has 204 valence electrons. The molecule has 13 heteroatoms. The lowest BCUT2D eigenvalue weighted by Crippen LogP contribution is -2.40. The molecule has 5 rings (SSSR count). The van der Waals surface area contributed by atoms with Crippen LogP contribution in [0.1, 0.15) is 58.3 Å². The van der Waals surface area contributed by atoms with Crippen molar-refractivity contribution < 1.29 is 31.3 Å². The van der Waals surface area contributed by atoms with Crippen molar-refractivity contribution in [2.45, 2.75) is 58.7 Å². The van der Waals surface area contributed by atoms with Crippen LogP contribution in [-0.2, 0) is 44.1 Å². The molecule has 1 amide bonds. The minimum absolute atomic E-state index is 0.0197. The van der Waals surface area contributed by atoms with Crippen molar-refractivity contribution in [3.8, 4) is 5.75 Å². The van der Waals surface area contributed by atoms with Gasteiger partial charge in [0.05, 0.1) is 30.2 Å². The van der Waals surface area contributed by atoms with Crippen LogP contribution in [0.2, 0.25) is 0 Å². The molecule has 0 saturated carbocycles. The zero-order valence-electron chi connectivity index (χ0n) is 21.3. The van der Waals surface area contributed by atoms with Gasteiger partial charge in [-0.1, -0.05) is 0 Å². The highest BCUT2D eigenvalue weighted by atomic mass is 32.2. The summed E-state index contributed by atoms with van der Waals surface area (Å²) in [5, 5.41) is 7.18. The second-order valence-corrected chi connectivity index (χ2v) is 12.1. The third-order valence-corrected chi connectivity index (χ3v) is 8.20. The van der Waals surface area contributed by atoms with Gasteiger partial charge in [0.15, 0.2) is 0 Å². The fourth-order valence-corrected chi connectivity index (χ4v) is 6.24. The quantitative estimate of drug-likeness (QED) is 0.418. The van der Waals surface area contributed by atoms with Gasteiger partial charge in [0.2, 0.25) is 12.2 Å². The maximum atomic E-state index is 14.5. The van der Waals surface area contributed by atoms with E-state index in [1.54, 1.807) is 4.68 Å². The number of hydrogen-bond acceptors (Lipinski definition) is 9. The molecule has 4 heterocycles. The molecular formula is C25H29FN4O6S2. The van der Waals surface area contributed by atoms with E-state index in [1.165, 1.54) is 17.4 Å². The Bertz CT molecular complexity index is 1450. The molecule has 0 N–H and O–H groups in total. The third kappa shape index (κ3) is 5.90. The molecule has 1 fully saturated rings. The van der Waals surface area contributed by atoms with E-state index in [2.05, 4.69) is 5.10 Å². The van der Waals surface area contributed by atoms with Crippen LogP contribution in [0.25, 0.3) is 0 Å². The van der Waals surface area contributed by atoms with E-state index >= 15 is 0 Å². The lowest BCUT2D eigenvalue weighted by Gasteiger charge is -2.31. The van der Waals surface area contributed by atoms with Crippen LogP contribution < -0.4 is 4.18 Å². The predicted molar refractivity (Wildman–Crippen MR) is 137 cm³/mol. The first kappa shape index (κ1) is 26.7. The standard InChI is InChI=1S/C25H29FN4O6S2/c1-15-10-16(2)30(28-15)11-23(31)29-8-6-17(7-9-29)24-27-21(14-37-24)25-34-12-18-19(13-35-25)22(5-4-20(18)26)36-38(3,32)33/h4-5,10,14,17,25H,6-9,11-13H2,1-3H3. The van der Waals surface area contributed by atoms with Crippen LogP contribution >= 0.6 is 11.3 Å². The number of benzene rings is 1. The Balaban J connectivity index is 1.20. The Morgan fingerprint density at radius 1 is 1.18 bits per heavy atom. The highest BCUT2D eigenvalue weighted by Crippen LogP contribution is 2.36. The molecule has 0 radical (unpaired) electrons. The number of nitrogens with zero attached hydrogens (tertiary/aromatic N) is 4. The van der Waals surface area contributed by atoms with Gasteiger partial charge >= 0.3 is 10.1 Å². The fourth-order valence-electron chi connectivity index (χ4n) is 4.77. The molecule has 2 aromatic heterocycles. The summed E-state index contributed by atoms with van der Waals surface area (Å²) >= 11 is 1.50. The summed E-state index contributed by atoms with van der Waals surface area (Å²) in [5.74, 6) is -0.239. The summed E-state index contributed by atoms with van der Waals surface area (Å²) in [7, 11) is -3.79. The van der Waals surface area contributed by atoms with Crippen LogP contribution in [0.15, 0.2) is 23.6 Å². The predicted octanol–water partition coefficient (Wildman–Crippen LogP) is 3.59. The molecule has 1 saturated heterocycles. The van der Waals surface area contributed by atoms with Crippen LogP contribution in [0.4, 0.5) is 4.39 Å². The van der Waals surface area contributed by atoms with E-state index < -0.39 is 22.2 Å². The monoisotopic (exact) mass is 564 g/mol. The number of carbonyl (C=O) groups is 1. The van der Waals surface area contributed by atoms with Crippen molar-refractivity contribution in [1.29, 1.82) is 0 Å². The van der Waals surface area contributed by atoms with Crippen molar-refractivity contribution in [2.75, 3.05) is 19.3 Å². The van der Waals surface area contributed by atoms with Crippen molar-refractivity contribution in [3.63, 3.8) is 0 Å². The number of rotatable bonds is 6. The van der Waals surface area contributed by atoms with Crippen LogP contribution in [0, 0.1) is 19.7 Å². The van der Waals surface area contributed by atoms with Crippen molar-refractivity contribution >= 4 is 27.4 Å². The first-order chi connectivity index (χ1) is 18.1. The third-order valence-electron chi connectivity index (χ3n) is 6.70. The molecule has 10 nitrogen and oxygen atoms in total. The molecule has 1 unspecified atom stereocenters. The average molecular weight is 565 g/mol. The Kier molecular flexibility index (Phi) is 7.54. The van der Waals surface area contributed by atoms with Gasteiger partial charge in [0, 0.05) is 41.2 Å². The number of aryl methyl sites for hydroxylation is 2. The van der Waals surface area contributed by atoms with E-state index in [4.69, 9.17) is 18.6 Å². The minimum Gasteiger partial charge on any atom is -0.382 e. The van der Waals surface area contributed by atoms with E-state index in [-0.39, 0.29) is 42.9 Å². The van der Waals surface area contributed by atoms with E-state index in [0.29, 0.717) is 24.3 Å². The topological polar surface area (TPSA) is 113 Å². The highest BCUT2D eigenvalue weighted by molar-refractivity contribution is 7.86. The average Bonchev–Trinajstić information content (AvgIpc) is 3.39. The molecule has 1 aromatic carbocycles. The number of fused-ring (bicyclic) bond motifs is 1. The molecule has 38 heavy (non-hydrogen) atoms. The first-order valence-electron chi connectivity index (χ1n) is 12.2. The fraction of sp³-hybridized carbons (Fsp3) is 0.480. The number of piperidine rings is 1. The van der Waals surface area contributed by atoms with Gasteiger partial charge in [-0.25, -0.2) is 9.37 Å². The van der Waals surface area contributed by atoms with Crippen molar-refractivity contribution in [3.05, 3.63) is 62.6 Å². The van der Waals surface area contributed by atoms with Crippen LogP contribution in [0.3, 0.4) is 0 Å². The maximum Gasteiger partial charge on any atom is 0.306 e. The smallest absolute Gasteiger partial charge is 0.306 e. The summed E-state index contributed by atoms with van der Waals surface area (Å²) in [5.41, 5.74) is 2.93. The van der Waals surface area contributed by atoms with E-state index in [0.717, 1.165) is 41.6 Å². The number of ether oxygens (including phenoxy) is 2. The summed E-state index contributed by atoms with van der Waals surface area (Å²) < 4.78 is 56.2. The van der Waals surface area contributed by atoms with Gasteiger partial charge in [-0.05, 0) is 44.9 Å². The van der Waals surface area contributed by atoms with Crippen LogP contribution in [0.5, 0.6) is 5.75 Å². The number of carbonyl (C=O) groups excluding carboxylic acids is 1. The maximum absolute atomic E-state index is 14.5. The number of thiazole rings is 1. The van der Waals surface area contributed by atoms with E-state index in [1.807, 2.05) is 30.2 Å². The number of amides is 1. The van der Waals surface area contributed by atoms with Gasteiger partial charge in [0.25, 0.3) is 0 Å². The number of likely N-dealkylation sites (tertiary alicyclic amines) is 1. The zero-order chi connectivity index (χ0) is 27.0. The van der Waals surface area contributed by atoms with Crippen LogP contribution in [-0.4, -0.2) is 53.3 Å². The minimum atomic E-state index is -3.79. The SMILES string of the molecule is Cc1cc(C)n(CC(=O)N2CCC(c3nc(C4OCc5c(F)ccc(OS(C)(=O)=O)c5CO4)cs3)CC2)n1. The number of hydrogen-bond donors (Lipinski definition) is 0. The molecule has 1 atom stereocenters. The normalized spacial score (nSPS) is 18.7. The lowest BCUT2D eigenvalue weighted by molar-refractivity contribution is -0.155. The Morgan fingerprint density at radius 2 is 1.89 bits per heavy atom. The Morgan fingerprint density at radius 3 is 2.55 bits per heavy atom. The summed E-state index contributed by atoms with van der Waals surface area (Å²) in [4.78, 5) is 19.4. The second kappa shape index (κ2) is 10.7. The Hall–Kier alpha value is -2.87. The molecule has 0 spiro atoms.